The Balaban J connectivity index is 2.93. The van der Waals surface area contributed by atoms with E-state index in [9.17, 15) is 22.8 Å². The second kappa shape index (κ2) is 5.63. The van der Waals surface area contributed by atoms with Gasteiger partial charge in [0.2, 0.25) is 0 Å². The number of urea groups is 1. The Kier molecular flexibility index (Phi) is 4.50. The van der Waals surface area contributed by atoms with Gasteiger partial charge >= 0.3 is 18.2 Å². The van der Waals surface area contributed by atoms with Crippen LogP contribution in [0.1, 0.15) is 25.0 Å². The van der Waals surface area contributed by atoms with Gasteiger partial charge in [-0.3, -0.25) is 0 Å². The van der Waals surface area contributed by atoms with Crippen molar-refractivity contribution < 1.29 is 27.9 Å². The smallest absolute Gasteiger partial charge is 0.416 e. The molecule has 0 bridgehead atoms. The van der Waals surface area contributed by atoms with Crippen molar-refractivity contribution in [2.45, 2.75) is 32.5 Å². The minimum Gasteiger partial charge on any atom is -0.480 e. The molecule has 1 aromatic carbocycles. The summed E-state index contributed by atoms with van der Waals surface area (Å²) in [5.74, 6) is -1.27. The van der Waals surface area contributed by atoms with Crippen LogP contribution in [0, 0.1) is 6.92 Å². The van der Waals surface area contributed by atoms with Gasteiger partial charge in [-0.1, -0.05) is 6.07 Å². The minimum atomic E-state index is -4.53. The molecule has 0 saturated heterocycles. The molecule has 0 aromatic heterocycles. The Morgan fingerprint density at radius 2 is 1.76 bits per heavy atom. The summed E-state index contributed by atoms with van der Waals surface area (Å²) >= 11 is 0. The number of anilines is 1. The molecule has 0 fully saturated rings. The normalized spacial score (nSPS) is 11.9. The lowest BCUT2D eigenvalue weighted by atomic mass is 10.1. The van der Waals surface area contributed by atoms with Crippen LogP contribution >= 0.6 is 0 Å². The number of benzene rings is 1. The molecule has 116 valence electrons. The van der Waals surface area contributed by atoms with Crippen molar-refractivity contribution in [3.05, 3.63) is 29.3 Å². The molecule has 0 atom stereocenters. The number of carbonyl (C=O) groups is 2. The van der Waals surface area contributed by atoms with Gasteiger partial charge in [-0.2, -0.15) is 13.2 Å². The largest absolute Gasteiger partial charge is 0.480 e. The summed E-state index contributed by atoms with van der Waals surface area (Å²) < 4.78 is 37.8. The van der Waals surface area contributed by atoms with Gasteiger partial charge in [0, 0.05) is 5.69 Å². The van der Waals surface area contributed by atoms with Crippen LogP contribution in [0.3, 0.4) is 0 Å². The third-order valence-electron chi connectivity index (χ3n) is 2.77. The summed E-state index contributed by atoms with van der Waals surface area (Å²) in [7, 11) is 0. The monoisotopic (exact) mass is 304 g/mol. The van der Waals surface area contributed by atoms with Crippen LogP contribution in [0.25, 0.3) is 0 Å². The lowest BCUT2D eigenvalue weighted by molar-refractivity contribution is -0.143. The van der Waals surface area contributed by atoms with Crippen molar-refractivity contribution in [1.29, 1.82) is 0 Å². The number of carboxylic acid groups (broad SMARTS) is 1. The van der Waals surface area contributed by atoms with E-state index >= 15 is 0 Å². The van der Waals surface area contributed by atoms with E-state index in [0.717, 1.165) is 12.1 Å². The number of halogens is 3. The number of aryl methyl sites for hydroxylation is 1. The second-order valence-corrected chi connectivity index (χ2v) is 5.04. The number of carbonyl (C=O) groups excluding carboxylic acids is 1. The molecule has 0 aliphatic heterocycles. The van der Waals surface area contributed by atoms with Crippen molar-refractivity contribution in [2.24, 2.45) is 0 Å². The number of carboxylic acids is 1. The van der Waals surface area contributed by atoms with E-state index in [0.29, 0.717) is 5.56 Å². The maximum absolute atomic E-state index is 12.6. The zero-order valence-corrected chi connectivity index (χ0v) is 11.6. The van der Waals surface area contributed by atoms with Gasteiger partial charge in [0.05, 0.1) is 5.56 Å². The number of aliphatic carboxylic acids is 1. The third kappa shape index (κ3) is 4.37. The number of alkyl halides is 3. The standard InChI is InChI=1S/C13H15F3N2O3/c1-7-4-5-8(13(14,15)16)6-9(7)17-11(21)18-12(2,3)10(19)20/h4-6H,1-3H3,(H,19,20)(H2,17,18,21). The van der Waals surface area contributed by atoms with Crippen molar-refractivity contribution >= 4 is 17.7 Å². The fourth-order valence-electron chi connectivity index (χ4n) is 1.42. The summed E-state index contributed by atoms with van der Waals surface area (Å²) in [5, 5.41) is 13.2. The maximum Gasteiger partial charge on any atom is 0.416 e. The van der Waals surface area contributed by atoms with E-state index in [1.807, 2.05) is 0 Å². The summed E-state index contributed by atoms with van der Waals surface area (Å²) in [4.78, 5) is 22.5. The Morgan fingerprint density at radius 3 is 2.24 bits per heavy atom. The predicted molar refractivity (Wildman–Crippen MR) is 70.1 cm³/mol. The number of hydrogen-bond donors (Lipinski definition) is 3. The van der Waals surface area contributed by atoms with Crippen molar-refractivity contribution in [3.8, 4) is 0 Å². The van der Waals surface area contributed by atoms with Crippen LogP contribution in [-0.2, 0) is 11.0 Å². The maximum atomic E-state index is 12.6. The first kappa shape index (κ1) is 16.8. The molecule has 0 saturated carbocycles. The second-order valence-electron chi connectivity index (χ2n) is 5.04. The highest BCUT2D eigenvalue weighted by molar-refractivity contribution is 5.94. The fourth-order valence-corrected chi connectivity index (χ4v) is 1.42. The molecule has 0 spiro atoms. The Labute approximate surface area is 119 Å². The van der Waals surface area contributed by atoms with E-state index in [1.54, 1.807) is 0 Å². The van der Waals surface area contributed by atoms with Crippen LogP contribution in [-0.4, -0.2) is 22.6 Å². The molecule has 0 aliphatic carbocycles. The SMILES string of the molecule is Cc1ccc(C(F)(F)F)cc1NC(=O)NC(C)(C)C(=O)O. The van der Waals surface area contributed by atoms with Gasteiger partial charge in [-0.05, 0) is 38.5 Å². The van der Waals surface area contributed by atoms with E-state index in [1.165, 1.54) is 26.8 Å². The average molecular weight is 304 g/mol. The fraction of sp³-hybridized carbons (Fsp3) is 0.385. The van der Waals surface area contributed by atoms with Gasteiger partial charge < -0.3 is 15.7 Å². The zero-order chi connectivity index (χ0) is 16.4. The third-order valence-corrected chi connectivity index (χ3v) is 2.77. The van der Waals surface area contributed by atoms with Gasteiger partial charge in [0.15, 0.2) is 0 Å². The number of amides is 2. The quantitative estimate of drug-likeness (QED) is 0.803. The molecule has 5 nitrogen and oxygen atoms in total. The number of nitrogens with one attached hydrogen (secondary N) is 2. The first-order valence-corrected chi connectivity index (χ1v) is 5.94. The van der Waals surface area contributed by atoms with E-state index in [4.69, 9.17) is 5.11 Å². The van der Waals surface area contributed by atoms with Crippen molar-refractivity contribution in [2.75, 3.05) is 5.32 Å². The molecular formula is C13H15F3N2O3. The Hall–Kier alpha value is -2.25. The van der Waals surface area contributed by atoms with Gasteiger partial charge in [0.25, 0.3) is 0 Å². The molecule has 1 rings (SSSR count). The molecule has 0 aliphatic rings. The molecule has 0 radical (unpaired) electrons. The van der Waals surface area contributed by atoms with Crippen molar-refractivity contribution in [3.63, 3.8) is 0 Å². The number of rotatable bonds is 3. The molecule has 0 heterocycles. The first-order chi connectivity index (χ1) is 9.43. The molecule has 21 heavy (non-hydrogen) atoms. The van der Waals surface area contributed by atoms with Crippen LogP contribution in [0.15, 0.2) is 18.2 Å². The van der Waals surface area contributed by atoms with Crippen molar-refractivity contribution in [1.82, 2.24) is 5.32 Å². The summed E-state index contributed by atoms with van der Waals surface area (Å²) in [6.07, 6.45) is -4.53. The Morgan fingerprint density at radius 1 is 1.19 bits per heavy atom. The van der Waals surface area contributed by atoms with E-state index < -0.39 is 29.3 Å². The highest BCUT2D eigenvalue weighted by Gasteiger charge is 2.32. The summed E-state index contributed by atoms with van der Waals surface area (Å²) in [6.45, 7) is 4.04. The molecule has 1 aromatic rings. The Bertz CT molecular complexity index is 568. The molecule has 3 N–H and O–H groups in total. The van der Waals surface area contributed by atoms with Crippen LogP contribution in [0.2, 0.25) is 0 Å². The first-order valence-electron chi connectivity index (χ1n) is 5.94. The zero-order valence-electron chi connectivity index (χ0n) is 11.6. The lowest BCUT2D eigenvalue weighted by Gasteiger charge is -2.21. The topological polar surface area (TPSA) is 78.4 Å². The van der Waals surface area contributed by atoms with E-state index in [-0.39, 0.29) is 5.69 Å². The highest BCUT2D eigenvalue weighted by atomic mass is 19.4. The summed E-state index contributed by atoms with van der Waals surface area (Å²) in [6, 6.07) is 2.02. The van der Waals surface area contributed by atoms with Crippen LogP contribution < -0.4 is 10.6 Å². The number of hydrogen-bond acceptors (Lipinski definition) is 2. The molecule has 0 unspecified atom stereocenters. The van der Waals surface area contributed by atoms with E-state index in [2.05, 4.69) is 10.6 Å². The predicted octanol–water partition coefficient (Wildman–Crippen LogP) is 3.00. The molecular weight excluding hydrogens is 289 g/mol. The molecule has 8 heteroatoms. The van der Waals surface area contributed by atoms with Gasteiger partial charge in [0.1, 0.15) is 5.54 Å². The average Bonchev–Trinajstić information content (AvgIpc) is 2.29. The molecule has 2 amide bonds. The lowest BCUT2D eigenvalue weighted by Crippen LogP contribution is -2.51. The van der Waals surface area contributed by atoms with Crippen LogP contribution in [0.5, 0.6) is 0 Å². The van der Waals surface area contributed by atoms with Gasteiger partial charge in [-0.15, -0.1) is 0 Å². The minimum absolute atomic E-state index is 0.0384. The van der Waals surface area contributed by atoms with Crippen LogP contribution in [0.4, 0.5) is 23.7 Å². The highest BCUT2D eigenvalue weighted by Crippen LogP contribution is 2.32. The summed E-state index contributed by atoms with van der Waals surface area (Å²) in [5.41, 5.74) is -2.06. The van der Waals surface area contributed by atoms with Gasteiger partial charge in [-0.25, -0.2) is 9.59 Å².